The molecule has 8 nitrogen and oxygen atoms in total. The summed E-state index contributed by atoms with van der Waals surface area (Å²) in [7, 11) is 3.10. The van der Waals surface area contributed by atoms with Crippen molar-refractivity contribution in [3.63, 3.8) is 0 Å². The number of hydrogen-bond donors (Lipinski definition) is 2. The minimum Gasteiger partial charge on any atom is -0.493 e. The first-order valence-electron chi connectivity index (χ1n) is 11.4. The number of anilines is 2. The molecule has 0 unspecified atom stereocenters. The molecule has 0 saturated heterocycles. The van der Waals surface area contributed by atoms with Gasteiger partial charge in [0.2, 0.25) is 0 Å². The van der Waals surface area contributed by atoms with Gasteiger partial charge in [-0.15, -0.1) is 22.7 Å². The summed E-state index contributed by atoms with van der Waals surface area (Å²) in [5.41, 5.74) is 1.24. The molecule has 4 aromatic rings. The van der Waals surface area contributed by atoms with Crippen LogP contribution in [0.15, 0.2) is 71.4 Å². The van der Waals surface area contributed by atoms with E-state index in [1.54, 1.807) is 62.8 Å². The Bertz CT molecular complexity index is 1220. The van der Waals surface area contributed by atoms with Crippen molar-refractivity contribution in [2.24, 2.45) is 0 Å². The van der Waals surface area contributed by atoms with Crippen LogP contribution in [0, 0.1) is 0 Å². The Balaban J connectivity index is 1.25. The van der Waals surface area contributed by atoms with E-state index < -0.39 is 0 Å². The molecule has 0 saturated carbocycles. The second-order valence-corrected chi connectivity index (χ2v) is 9.54. The summed E-state index contributed by atoms with van der Waals surface area (Å²) in [6.07, 6.45) is 0.611. The maximum absolute atomic E-state index is 12.3. The van der Waals surface area contributed by atoms with E-state index in [-0.39, 0.29) is 11.8 Å². The number of carbonyl (C=O) groups excluding carboxylic acids is 2. The molecule has 10 heteroatoms. The summed E-state index contributed by atoms with van der Waals surface area (Å²) in [6.45, 7) is 0.795. The first kappa shape index (κ1) is 26.1. The first-order chi connectivity index (χ1) is 18.1. The molecule has 0 aliphatic carbocycles. The van der Waals surface area contributed by atoms with Crippen molar-refractivity contribution in [3.8, 4) is 23.0 Å². The predicted molar refractivity (Wildman–Crippen MR) is 146 cm³/mol. The highest BCUT2D eigenvalue weighted by Crippen LogP contribution is 2.32. The van der Waals surface area contributed by atoms with Gasteiger partial charge < -0.3 is 29.6 Å². The lowest BCUT2D eigenvalue weighted by atomic mass is 10.2. The van der Waals surface area contributed by atoms with E-state index in [1.165, 1.54) is 22.7 Å². The summed E-state index contributed by atoms with van der Waals surface area (Å²) in [4.78, 5) is 25.8. The molecule has 0 atom stereocenters. The van der Waals surface area contributed by atoms with Crippen LogP contribution in [0.2, 0.25) is 0 Å². The fourth-order valence-corrected chi connectivity index (χ4v) is 4.59. The van der Waals surface area contributed by atoms with E-state index in [9.17, 15) is 9.59 Å². The van der Waals surface area contributed by atoms with Crippen molar-refractivity contribution >= 4 is 45.9 Å². The quantitative estimate of drug-likeness (QED) is 0.209. The molecule has 4 rings (SSSR count). The van der Waals surface area contributed by atoms with Crippen molar-refractivity contribution in [1.29, 1.82) is 0 Å². The normalized spacial score (nSPS) is 10.4. The topological polar surface area (TPSA) is 95.1 Å². The van der Waals surface area contributed by atoms with Crippen molar-refractivity contribution < 1.29 is 28.5 Å². The maximum atomic E-state index is 12.3. The van der Waals surface area contributed by atoms with Gasteiger partial charge in [0.1, 0.15) is 0 Å². The Morgan fingerprint density at radius 2 is 1.14 bits per heavy atom. The minimum atomic E-state index is -0.170. The molecule has 37 heavy (non-hydrogen) atoms. The summed E-state index contributed by atoms with van der Waals surface area (Å²) < 4.78 is 22.6. The second kappa shape index (κ2) is 12.8. The van der Waals surface area contributed by atoms with Crippen LogP contribution >= 0.6 is 22.7 Å². The molecule has 2 amide bonds. The van der Waals surface area contributed by atoms with Crippen LogP contribution < -0.4 is 29.6 Å². The van der Waals surface area contributed by atoms with Crippen LogP contribution in [-0.4, -0.2) is 39.2 Å². The van der Waals surface area contributed by atoms with Crippen molar-refractivity contribution in [2.45, 2.75) is 6.42 Å². The van der Waals surface area contributed by atoms with E-state index in [0.29, 0.717) is 63.8 Å². The number of carbonyl (C=O) groups is 2. The van der Waals surface area contributed by atoms with Crippen LogP contribution in [0.3, 0.4) is 0 Å². The monoisotopic (exact) mass is 538 g/mol. The van der Waals surface area contributed by atoms with Gasteiger partial charge in [-0.1, -0.05) is 12.1 Å². The van der Waals surface area contributed by atoms with Crippen molar-refractivity contribution in [1.82, 2.24) is 0 Å². The average Bonchev–Trinajstić information content (AvgIpc) is 3.64. The zero-order valence-corrected chi connectivity index (χ0v) is 21.9. The summed E-state index contributed by atoms with van der Waals surface area (Å²) in [6, 6.07) is 17.7. The zero-order chi connectivity index (χ0) is 26.0. The lowest BCUT2D eigenvalue weighted by Crippen LogP contribution is -2.11. The third kappa shape index (κ3) is 7.02. The molecule has 2 heterocycles. The molecule has 0 aliphatic heterocycles. The van der Waals surface area contributed by atoms with Gasteiger partial charge in [0.25, 0.3) is 11.8 Å². The van der Waals surface area contributed by atoms with Gasteiger partial charge in [-0.2, -0.15) is 0 Å². The molecular weight excluding hydrogens is 512 g/mol. The van der Waals surface area contributed by atoms with Gasteiger partial charge in [-0.3, -0.25) is 9.59 Å². The standard InChI is InChI=1S/C27H26N2O6S2/c1-32-22-16-18(28-26(30)24-6-3-14-36-24)8-10-20(22)34-12-5-13-35-21-11-9-19(17-23(21)33-2)29-27(31)25-7-4-15-37-25/h3-4,6-11,14-17H,5,12-13H2,1-2H3,(H,28,30)(H,29,31). The third-order valence-corrected chi connectivity index (χ3v) is 6.87. The molecule has 0 fully saturated rings. The summed E-state index contributed by atoms with van der Waals surface area (Å²) in [5.74, 6) is 1.84. The van der Waals surface area contributed by atoms with E-state index in [0.717, 1.165) is 0 Å². The second-order valence-electron chi connectivity index (χ2n) is 7.64. The average molecular weight is 539 g/mol. The fourth-order valence-electron chi connectivity index (χ4n) is 3.35. The Labute approximate surface area is 222 Å². The number of rotatable bonds is 12. The lowest BCUT2D eigenvalue weighted by molar-refractivity contribution is 0.102. The van der Waals surface area contributed by atoms with E-state index in [2.05, 4.69) is 10.6 Å². The van der Waals surface area contributed by atoms with E-state index in [4.69, 9.17) is 18.9 Å². The van der Waals surface area contributed by atoms with E-state index in [1.807, 2.05) is 22.9 Å². The van der Waals surface area contributed by atoms with E-state index >= 15 is 0 Å². The fraction of sp³-hybridized carbons (Fsp3) is 0.185. The van der Waals surface area contributed by atoms with Crippen LogP contribution in [0.4, 0.5) is 11.4 Å². The maximum Gasteiger partial charge on any atom is 0.265 e. The van der Waals surface area contributed by atoms with Crippen LogP contribution in [-0.2, 0) is 0 Å². The lowest BCUT2D eigenvalue weighted by Gasteiger charge is -2.14. The van der Waals surface area contributed by atoms with Crippen molar-refractivity contribution in [3.05, 3.63) is 81.2 Å². The molecule has 0 aliphatic rings. The summed E-state index contributed by atoms with van der Waals surface area (Å²) >= 11 is 2.76. The number of nitrogens with one attached hydrogen (secondary N) is 2. The Morgan fingerprint density at radius 3 is 1.51 bits per heavy atom. The Kier molecular flexibility index (Phi) is 9.01. The van der Waals surface area contributed by atoms with Crippen molar-refractivity contribution in [2.75, 3.05) is 38.1 Å². The molecule has 2 aromatic heterocycles. The molecule has 192 valence electrons. The number of ether oxygens (including phenoxy) is 4. The van der Waals surface area contributed by atoms with Crippen LogP contribution in [0.5, 0.6) is 23.0 Å². The predicted octanol–water partition coefficient (Wildman–Crippen LogP) is 6.18. The smallest absolute Gasteiger partial charge is 0.265 e. The highest BCUT2D eigenvalue weighted by Gasteiger charge is 2.12. The van der Waals surface area contributed by atoms with Gasteiger partial charge in [-0.05, 0) is 47.2 Å². The largest absolute Gasteiger partial charge is 0.493 e. The van der Waals surface area contributed by atoms with Crippen LogP contribution in [0.25, 0.3) is 0 Å². The number of methoxy groups -OCH3 is 2. The number of hydrogen-bond acceptors (Lipinski definition) is 8. The zero-order valence-electron chi connectivity index (χ0n) is 20.3. The molecule has 0 radical (unpaired) electrons. The van der Waals surface area contributed by atoms with Gasteiger partial charge in [0.15, 0.2) is 23.0 Å². The minimum absolute atomic E-state index is 0.170. The van der Waals surface area contributed by atoms with Gasteiger partial charge in [0.05, 0.1) is 37.2 Å². The molecular formula is C27H26N2O6S2. The first-order valence-corrected chi connectivity index (χ1v) is 13.1. The molecule has 2 N–H and O–H groups in total. The third-order valence-electron chi connectivity index (χ3n) is 5.14. The van der Waals surface area contributed by atoms with Crippen LogP contribution in [0.1, 0.15) is 25.8 Å². The highest BCUT2D eigenvalue weighted by atomic mass is 32.1. The van der Waals surface area contributed by atoms with Gasteiger partial charge >= 0.3 is 0 Å². The molecule has 0 bridgehead atoms. The number of amides is 2. The number of benzene rings is 2. The van der Waals surface area contributed by atoms with Gasteiger partial charge in [-0.25, -0.2) is 0 Å². The van der Waals surface area contributed by atoms with Gasteiger partial charge in [0, 0.05) is 29.9 Å². The number of thiophene rings is 2. The summed E-state index contributed by atoms with van der Waals surface area (Å²) in [5, 5.41) is 9.42. The Morgan fingerprint density at radius 1 is 0.676 bits per heavy atom. The molecule has 2 aromatic carbocycles. The SMILES string of the molecule is COc1cc(NC(=O)c2cccs2)ccc1OCCCOc1ccc(NC(=O)c2cccs2)cc1OC. The highest BCUT2D eigenvalue weighted by molar-refractivity contribution is 7.12. The molecule has 0 spiro atoms. The Hall–Kier alpha value is -4.02.